The summed E-state index contributed by atoms with van der Waals surface area (Å²) in [5, 5.41) is 8.47. The number of thioether (sulfide) groups is 1. The van der Waals surface area contributed by atoms with Crippen molar-refractivity contribution in [1.82, 2.24) is 24.6 Å². The largest absolute Gasteiger partial charge is 0.486 e. The van der Waals surface area contributed by atoms with Crippen LogP contribution in [-0.2, 0) is 12.4 Å². The van der Waals surface area contributed by atoms with Crippen molar-refractivity contribution in [3.63, 3.8) is 0 Å². The molecule has 0 bridgehead atoms. The van der Waals surface area contributed by atoms with Gasteiger partial charge in [0.25, 0.3) is 0 Å². The molecule has 0 fully saturated rings. The number of hydrogen-bond acceptors (Lipinski definition) is 5. The second-order valence-electron chi connectivity index (χ2n) is 5.72. The van der Waals surface area contributed by atoms with E-state index in [4.69, 9.17) is 16.3 Å². The van der Waals surface area contributed by atoms with E-state index >= 15 is 0 Å². The summed E-state index contributed by atoms with van der Waals surface area (Å²) in [7, 11) is 0. The maximum atomic E-state index is 5.86. The van der Waals surface area contributed by atoms with Crippen molar-refractivity contribution >= 4 is 29.0 Å². The van der Waals surface area contributed by atoms with E-state index in [0.717, 1.165) is 22.8 Å². The Morgan fingerprint density at radius 3 is 2.81 bits per heavy atom. The summed E-state index contributed by atoms with van der Waals surface area (Å²) in [6.07, 6.45) is 2.05. The molecule has 3 heterocycles. The van der Waals surface area contributed by atoms with E-state index in [9.17, 15) is 0 Å². The average molecular weight is 386 g/mol. The van der Waals surface area contributed by atoms with Gasteiger partial charge < -0.3 is 9.14 Å². The maximum Gasteiger partial charge on any atom is 0.208 e. The smallest absolute Gasteiger partial charge is 0.208 e. The zero-order valence-corrected chi connectivity index (χ0v) is 15.6. The van der Waals surface area contributed by atoms with Crippen molar-refractivity contribution < 1.29 is 4.74 Å². The highest BCUT2D eigenvalue weighted by Crippen LogP contribution is 2.20. The number of aryl methyl sites for hydroxylation is 1. The van der Waals surface area contributed by atoms with Crippen LogP contribution in [0.4, 0.5) is 0 Å². The van der Waals surface area contributed by atoms with Crippen LogP contribution < -0.4 is 4.74 Å². The van der Waals surface area contributed by atoms with Gasteiger partial charge in [0.05, 0.1) is 5.69 Å². The van der Waals surface area contributed by atoms with Gasteiger partial charge in [-0.25, -0.2) is 9.97 Å². The van der Waals surface area contributed by atoms with Gasteiger partial charge in [0, 0.05) is 22.7 Å². The Kier molecular flexibility index (Phi) is 4.81. The first-order valence-electron chi connectivity index (χ1n) is 8.03. The van der Waals surface area contributed by atoms with Crippen molar-refractivity contribution in [3.05, 3.63) is 70.9 Å². The molecule has 0 aliphatic rings. The van der Waals surface area contributed by atoms with Crippen molar-refractivity contribution in [2.45, 2.75) is 24.4 Å². The highest BCUT2D eigenvalue weighted by molar-refractivity contribution is 7.98. The molecule has 0 spiro atoms. The quantitative estimate of drug-likeness (QED) is 0.501. The summed E-state index contributed by atoms with van der Waals surface area (Å²) in [6, 6.07) is 13.3. The van der Waals surface area contributed by atoms with Crippen LogP contribution in [0.5, 0.6) is 5.75 Å². The highest BCUT2D eigenvalue weighted by atomic mass is 35.5. The van der Waals surface area contributed by atoms with Gasteiger partial charge in [0.1, 0.15) is 18.0 Å². The molecule has 4 aromatic rings. The Morgan fingerprint density at radius 1 is 1.15 bits per heavy atom. The Balaban J connectivity index is 1.35. The molecule has 0 saturated carbocycles. The van der Waals surface area contributed by atoms with E-state index in [1.54, 1.807) is 12.1 Å². The molecule has 0 aliphatic carbocycles. The number of aromatic nitrogens is 5. The molecule has 4 rings (SSSR count). The minimum Gasteiger partial charge on any atom is -0.486 e. The van der Waals surface area contributed by atoms with Crippen LogP contribution in [0.1, 0.15) is 17.2 Å². The Bertz CT molecular complexity index is 1030. The van der Waals surface area contributed by atoms with E-state index in [1.807, 2.05) is 24.3 Å². The Labute approximate surface area is 159 Å². The van der Waals surface area contributed by atoms with Gasteiger partial charge in [-0.2, -0.15) is 0 Å². The van der Waals surface area contributed by atoms with Gasteiger partial charge in [-0.05, 0) is 43.3 Å². The number of fused-ring (bicyclic) bond motifs is 1. The van der Waals surface area contributed by atoms with E-state index in [2.05, 4.69) is 43.8 Å². The molecule has 6 nitrogen and oxygen atoms in total. The Hall–Kier alpha value is -2.51. The summed E-state index contributed by atoms with van der Waals surface area (Å²) in [5.41, 5.74) is 3.10. The van der Waals surface area contributed by atoms with Crippen LogP contribution in [0.2, 0.25) is 5.02 Å². The van der Waals surface area contributed by atoms with Gasteiger partial charge in [-0.1, -0.05) is 29.4 Å². The molecule has 0 unspecified atom stereocenters. The number of nitrogens with one attached hydrogen (secondary N) is 1. The predicted octanol–water partition coefficient (Wildman–Crippen LogP) is 4.29. The van der Waals surface area contributed by atoms with Gasteiger partial charge in [0.15, 0.2) is 5.82 Å². The van der Waals surface area contributed by atoms with Gasteiger partial charge in [0.2, 0.25) is 5.16 Å². The minimum atomic E-state index is 0.322. The first kappa shape index (κ1) is 16.9. The zero-order chi connectivity index (χ0) is 17.9. The lowest BCUT2D eigenvalue weighted by atomic mass is 10.3. The molecule has 8 heteroatoms. The summed E-state index contributed by atoms with van der Waals surface area (Å²) < 4.78 is 7.74. The molecular formula is C18H16ClN5OS. The number of aromatic amines is 1. The normalized spacial score (nSPS) is 11.2. The van der Waals surface area contributed by atoms with Crippen molar-refractivity contribution in [3.8, 4) is 5.75 Å². The SMILES string of the molecule is Cc1cccc2nc(CSc3n[nH]c(COc4ccc(Cl)cc4)n3)cn12. The summed E-state index contributed by atoms with van der Waals surface area (Å²) in [6.45, 7) is 2.39. The third-order valence-corrected chi connectivity index (χ3v) is 4.93. The fourth-order valence-electron chi connectivity index (χ4n) is 2.50. The van der Waals surface area contributed by atoms with E-state index in [-0.39, 0.29) is 0 Å². The number of nitrogens with zero attached hydrogens (tertiary/aromatic N) is 4. The maximum absolute atomic E-state index is 5.86. The summed E-state index contributed by atoms with van der Waals surface area (Å²) in [5.74, 6) is 2.12. The van der Waals surface area contributed by atoms with Crippen LogP contribution in [0.3, 0.4) is 0 Å². The van der Waals surface area contributed by atoms with E-state index in [1.165, 1.54) is 11.8 Å². The van der Waals surface area contributed by atoms with E-state index in [0.29, 0.717) is 28.4 Å². The molecule has 0 aliphatic heterocycles. The average Bonchev–Trinajstić information content (AvgIpc) is 3.27. The predicted molar refractivity (Wildman–Crippen MR) is 102 cm³/mol. The molecule has 132 valence electrons. The number of halogens is 1. The topological polar surface area (TPSA) is 68.1 Å². The van der Waals surface area contributed by atoms with Crippen molar-refractivity contribution in [2.75, 3.05) is 0 Å². The lowest BCUT2D eigenvalue weighted by Crippen LogP contribution is -1.97. The highest BCUT2D eigenvalue weighted by Gasteiger charge is 2.08. The third-order valence-electron chi connectivity index (χ3n) is 3.80. The number of pyridine rings is 1. The molecular weight excluding hydrogens is 370 g/mol. The molecule has 0 amide bonds. The molecule has 0 atom stereocenters. The van der Waals surface area contributed by atoms with Gasteiger partial charge in [-0.3, -0.25) is 5.10 Å². The van der Waals surface area contributed by atoms with Crippen LogP contribution >= 0.6 is 23.4 Å². The Morgan fingerprint density at radius 2 is 2.00 bits per heavy atom. The van der Waals surface area contributed by atoms with Crippen LogP contribution in [0, 0.1) is 6.92 Å². The molecule has 26 heavy (non-hydrogen) atoms. The third kappa shape index (κ3) is 3.84. The van der Waals surface area contributed by atoms with Crippen LogP contribution in [0.25, 0.3) is 5.65 Å². The number of ether oxygens (including phenoxy) is 1. The monoisotopic (exact) mass is 385 g/mol. The number of imidazole rings is 1. The van der Waals surface area contributed by atoms with Crippen LogP contribution in [0.15, 0.2) is 53.8 Å². The van der Waals surface area contributed by atoms with Crippen molar-refractivity contribution in [1.29, 1.82) is 0 Å². The zero-order valence-electron chi connectivity index (χ0n) is 14.0. The fraction of sp³-hybridized carbons (Fsp3) is 0.167. The first-order valence-corrected chi connectivity index (χ1v) is 9.40. The molecule has 1 N–H and O–H groups in total. The molecule has 0 radical (unpaired) electrons. The van der Waals surface area contributed by atoms with Crippen LogP contribution in [-0.4, -0.2) is 24.6 Å². The molecule has 1 aromatic carbocycles. The first-order chi connectivity index (χ1) is 12.7. The fourth-order valence-corrected chi connectivity index (χ4v) is 3.32. The van der Waals surface area contributed by atoms with Crippen molar-refractivity contribution in [2.24, 2.45) is 0 Å². The number of hydrogen-bond donors (Lipinski definition) is 1. The second kappa shape index (κ2) is 7.39. The molecule has 0 saturated heterocycles. The number of benzene rings is 1. The van der Waals surface area contributed by atoms with Gasteiger partial charge >= 0.3 is 0 Å². The second-order valence-corrected chi connectivity index (χ2v) is 7.10. The minimum absolute atomic E-state index is 0.322. The van der Waals surface area contributed by atoms with E-state index < -0.39 is 0 Å². The standard InChI is InChI=1S/C18H16ClN5OS/c1-12-3-2-4-17-20-14(9-24(12)17)11-26-18-21-16(22-23-18)10-25-15-7-5-13(19)6-8-15/h2-9H,10-11H2,1H3,(H,21,22,23). The number of rotatable bonds is 6. The summed E-state index contributed by atoms with van der Waals surface area (Å²) in [4.78, 5) is 9.06. The summed E-state index contributed by atoms with van der Waals surface area (Å²) >= 11 is 7.40. The lowest BCUT2D eigenvalue weighted by Gasteiger charge is -2.03. The number of H-pyrrole nitrogens is 1. The van der Waals surface area contributed by atoms with Gasteiger partial charge in [-0.15, -0.1) is 5.10 Å². The molecule has 3 aromatic heterocycles. The lowest BCUT2D eigenvalue weighted by molar-refractivity contribution is 0.296.